The number of carbonyl (C=O) groups excluding carboxylic acids is 1. The van der Waals surface area contributed by atoms with Crippen LogP contribution in [0.2, 0.25) is 0 Å². The van der Waals surface area contributed by atoms with Crippen molar-refractivity contribution in [3.05, 3.63) is 12.2 Å². The second-order valence-electron chi connectivity index (χ2n) is 15.6. The minimum absolute atomic E-state index is 0.119. The standard InChI is InChI=1S/C33H54O6/c1-30(2,3)39-29(36)18-24-17-23(37-31(4,5)38-24)11-8-20-10-13-26-25-12-9-21-16-22(34)14-15-32(21,6)27(25)19-28(35)33(20,26)7/h8,11,20-28,34-35H,9-10,12-19H2,1-7H3/b11-8+/t20?,21-,22-,23-,24-,25+,26+,27+,28+,32+,33-/m1/s1. The van der Waals surface area contributed by atoms with Crippen molar-refractivity contribution in [2.24, 2.45) is 40.4 Å². The number of esters is 1. The third-order valence-electron chi connectivity index (χ3n) is 11.6. The molecule has 0 aromatic rings. The Morgan fingerprint density at radius 2 is 1.67 bits per heavy atom. The number of rotatable bonds is 4. The molecule has 5 fully saturated rings. The Morgan fingerprint density at radius 1 is 0.923 bits per heavy atom. The molecule has 0 bridgehead atoms. The molecule has 0 amide bonds. The second-order valence-corrected chi connectivity index (χ2v) is 15.6. The number of aliphatic hydroxyl groups is 2. The number of ether oxygens (including phenoxy) is 3. The van der Waals surface area contributed by atoms with Crippen molar-refractivity contribution < 1.29 is 29.2 Å². The molecule has 1 saturated heterocycles. The summed E-state index contributed by atoms with van der Waals surface area (Å²) in [5, 5.41) is 22.1. The van der Waals surface area contributed by atoms with Crippen molar-refractivity contribution >= 4 is 5.97 Å². The number of hydrogen-bond acceptors (Lipinski definition) is 6. The lowest BCUT2D eigenvalue weighted by atomic mass is 9.44. The van der Waals surface area contributed by atoms with Crippen molar-refractivity contribution in [1.29, 1.82) is 0 Å². The molecule has 11 atom stereocenters. The summed E-state index contributed by atoms with van der Waals surface area (Å²) in [7, 11) is 0. The van der Waals surface area contributed by atoms with E-state index >= 15 is 0 Å². The summed E-state index contributed by atoms with van der Waals surface area (Å²) in [6, 6.07) is 0. The Kier molecular flexibility index (Phi) is 7.88. The number of allylic oxidation sites excluding steroid dienone is 1. The Balaban J connectivity index is 1.28. The quantitative estimate of drug-likeness (QED) is 0.324. The minimum atomic E-state index is -0.777. The Labute approximate surface area is 236 Å². The molecule has 1 aliphatic heterocycles. The monoisotopic (exact) mass is 546 g/mol. The van der Waals surface area contributed by atoms with E-state index in [0.717, 1.165) is 32.1 Å². The predicted molar refractivity (Wildman–Crippen MR) is 151 cm³/mol. The van der Waals surface area contributed by atoms with Gasteiger partial charge in [0, 0.05) is 11.8 Å². The first kappa shape index (κ1) is 29.5. The van der Waals surface area contributed by atoms with Crippen LogP contribution in [0.15, 0.2) is 12.2 Å². The zero-order valence-corrected chi connectivity index (χ0v) is 25.4. The smallest absolute Gasteiger partial charge is 0.308 e. The Bertz CT molecular complexity index is 937. The van der Waals surface area contributed by atoms with Crippen LogP contribution in [0.4, 0.5) is 0 Å². The molecule has 39 heavy (non-hydrogen) atoms. The molecule has 5 aliphatic rings. The Hall–Kier alpha value is -0.950. The summed E-state index contributed by atoms with van der Waals surface area (Å²) in [6.45, 7) is 14.3. The van der Waals surface area contributed by atoms with Crippen LogP contribution in [0.3, 0.4) is 0 Å². The van der Waals surface area contributed by atoms with Gasteiger partial charge in [-0.05, 0) is 121 Å². The van der Waals surface area contributed by atoms with Crippen LogP contribution >= 0.6 is 0 Å². The number of aliphatic hydroxyl groups excluding tert-OH is 2. The zero-order valence-electron chi connectivity index (χ0n) is 25.4. The zero-order chi connectivity index (χ0) is 28.4. The lowest BCUT2D eigenvalue weighted by molar-refractivity contribution is -0.290. The first-order valence-electron chi connectivity index (χ1n) is 15.7. The van der Waals surface area contributed by atoms with Crippen LogP contribution in [-0.4, -0.2) is 52.0 Å². The Morgan fingerprint density at radius 3 is 2.38 bits per heavy atom. The maximum atomic E-state index is 12.5. The van der Waals surface area contributed by atoms with E-state index in [1.54, 1.807) is 0 Å². The summed E-state index contributed by atoms with van der Waals surface area (Å²) < 4.78 is 17.9. The lowest BCUT2D eigenvalue weighted by Gasteiger charge is -2.62. The van der Waals surface area contributed by atoms with Gasteiger partial charge in [-0.15, -0.1) is 0 Å². The highest BCUT2D eigenvalue weighted by Crippen LogP contribution is 2.67. The van der Waals surface area contributed by atoms with Crippen molar-refractivity contribution in [3.8, 4) is 0 Å². The molecule has 5 rings (SSSR count). The SMILES string of the molecule is CC(C)(C)OC(=O)C[C@H]1C[C@@H](/C=C/C2CC[C@H]3[C@@H]4CC[C@@H]5C[C@H](O)CC[C@]5(C)[C@H]4C[C@H](O)[C@]23C)OC(C)(C)O1. The summed E-state index contributed by atoms with van der Waals surface area (Å²) >= 11 is 0. The van der Waals surface area contributed by atoms with Gasteiger partial charge in [-0.1, -0.05) is 26.0 Å². The van der Waals surface area contributed by atoms with Gasteiger partial charge in [0.25, 0.3) is 0 Å². The van der Waals surface area contributed by atoms with Crippen molar-refractivity contribution in [3.63, 3.8) is 0 Å². The third kappa shape index (κ3) is 5.74. The molecule has 0 aromatic heterocycles. The van der Waals surface area contributed by atoms with E-state index in [1.807, 2.05) is 34.6 Å². The number of hydrogen-bond donors (Lipinski definition) is 2. The van der Waals surface area contributed by atoms with E-state index in [4.69, 9.17) is 14.2 Å². The van der Waals surface area contributed by atoms with Gasteiger partial charge in [-0.3, -0.25) is 4.79 Å². The topological polar surface area (TPSA) is 85.2 Å². The predicted octanol–water partition coefficient (Wildman–Crippen LogP) is 6.18. The van der Waals surface area contributed by atoms with Crippen LogP contribution in [0, 0.1) is 40.4 Å². The van der Waals surface area contributed by atoms with E-state index < -0.39 is 11.4 Å². The van der Waals surface area contributed by atoms with Gasteiger partial charge < -0.3 is 24.4 Å². The van der Waals surface area contributed by atoms with Crippen LogP contribution in [0.25, 0.3) is 0 Å². The average Bonchev–Trinajstić information content (AvgIpc) is 3.14. The molecule has 4 aliphatic carbocycles. The molecule has 6 nitrogen and oxygen atoms in total. The molecule has 222 valence electrons. The van der Waals surface area contributed by atoms with E-state index in [1.165, 1.54) is 19.3 Å². The molecule has 2 N–H and O–H groups in total. The van der Waals surface area contributed by atoms with Gasteiger partial charge in [0.1, 0.15) is 5.60 Å². The fourth-order valence-electron chi connectivity index (χ4n) is 9.79. The number of fused-ring (bicyclic) bond motifs is 5. The van der Waals surface area contributed by atoms with Crippen molar-refractivity contribution in [2.45, 2.75) is 148 Å². The second kappa shape index (κ2) is 10.4. The highest BCUT2D eigenvalue weighted by Gasteiger charge is 2.62. The van der Waals surface area contributed by atoms with Gasteiger partial charge >= 0.3 is 5.97 Å². The van der Waals surface area contributed by atoms with E-state index in [2.05, 4.69) is 26.0 Å². The molecule has 1 heterocycles. The van der Waals surface area contributed by atoms with Crippen LogP contribution in [0.1, 0.15) is 113 Å². The molecule has 0 aromatic carbocycles. The first-order chi connectivity index (χ1) is 18.1. The van der Waals surface area contributed by atoms with Gasteiger partial charge in [-0.25, -0.2) is 0 Å². The molecule has 6 heteroatoms. The summed E-state index contributed by atoms with van der Waals surface area (Å²) in [6.07, 6.45) is 13.1. The normalized spacial score (nSPS) is 47.8. The fraction of sp³-hybridized carbons (Fsp3) is 0.909. The maximum Gasteiger partial charge on any atom is 0.308 e. The van der Waals surface area contributed by atoms with Crippen LogP contribution in [-0.2, 0) is 19.0 Å². The van der Waals surface area contributed by atoms with E-state index in [0.29, 0.717) is 36.0 Å². The van der Waals surface area contributed by atoms with E-state index in [9.17, 15) is 15.0 Å². The maximum absolute atomic E-state index is 12.5. The summed E-state index contributed by atoms with van der Waals surface area (Å²) in [4.78, 5) is 12.5. The third-order valence-corrected chi connectivity index (χ3v) is 11.6. The molecular formula is C33H54O6. The molecular weight excluding hydrogens is 492 g/mol. The summed E-state index contributed by atoms with van der Waals surface area (Å²) in [5.41, 5.74) is -0.380. The van der Waals surface area contributed by atoms with Crippen molar-refractivity contribution in [1.82, 2.24) is 0 Å². The van der Waals surface area contributed by atoms with Gasteiger partial charge in [0.15, 0.2) is 5.79 Å². The van der Waals surface area contributed by atoms with Gasteiger partial charge in [0.2, 0.25) is 0 Å². The minimum Gasteiger partial charge on any atom is -0.460 e. The molecule has 4 saturated carbocycles. The lowest BCUT2D eigenvalue weighted by Crippen LogP contribution is -2.58. The molecule has 1 unspecified atom stereocenters. The van der Waals surface area contributed by atoms with Crippen molar-refractivity contribution in [2.75, 3.05) is 0 Å². The fourth-order valence-corrected chi connectivity index (χ4v) is 9.79. The van der Waals surface area contributed by atoms with Gasteiger partial charge in [0.05, 0.1) is 30.8 Å². The van der Waals surface area contributed by atoms with Crippen LogP contribution < -0.4 is 0 Å². The largest absolute Gasteiger partial charge is 0.460 e. The summed E-state index contributed by atoms with van der Waals surface area (Å²) in [5.74, 6) is 1.67. The molecule has 0 radical (unpaired) electrons. The molecule has 0 spiro atoms. The number of carbonyl (C=O) groups is 1. The average molecular weight is 547 g/mol. The van der Waals surface area contributed by atoms with Crippen LogP contribution in [0.5, 0.6) is 0 Å². The highest BCUT2D eigenvalue weighted by molar-refractivity contribution is 5.70. The first-order valence-corrected chi connectivity index (χ1v) is 15.7. The highest BCUT2D eigenvalue weighted by atomic mass is 16.7. The van der Waals surface area contributed by atoms with Gasteiger partial charge in [-0.2, -0.15) is 0 Å². The van der Waals surface area contributed by atoms with E-state index in [-0.39, 0.29) is 47.6 Å².